The van der Waals surface area contributed by atoms with Gasteiger partial charge in [-0.05, 0) is 98.0 Å². The normalized spacial score (nSPS) is 11.6. The summed E-state index contributed by atoms with van der Waals surface area (Å²) in [6, 6.07) is 59.8. The standard InChI is InChI=1S/C42H27NS/c1-2-8-28(9-3-1)29-16-19-34(20-17-29)43(35-21-18-31-15-14-30-10-6-7-13-37(30)38(31)26-35)36-22-23-41-40(27-36)39-24-32-11-4-5-12-33(32)25-42(39)44-41/h1-27H. The molecule has 44 heavy (non-hydrogen) atoms. The van der Waals surface area contributed by atoms with Gasteiger partial charge >= 0.3 is 0 Å². The quantitative estimate of drug-likeness (QED) is 0.188. The van der Waals surface area contributed by atoms with Crippen molar-refractivity contribution in [3.8, 4) is 11.1 Å². The highest BCUT2D eigenvalue weighted by molar-refractivity contribution is 7.25. The highest BCUT2D eigenvalue weighted by Crippen LogP contribution is 2.43. The van der Waals surface area contributed by atoms with Gasteiger partial charge in [0.1, 0.15) is 0 Å². The van der Waals surface area contributed by atoms with Gasteiger partial charge in [0.25, 0.3) is 0 Å². The summed E-state index contributed by atoms with van der Waals surface area (Å²) in [6.07, 6.45) is 0. The molecule has 1 heterocycles. The van der Waals surface area contributed by atoms with Gasteiger partial charge in [0.2, 0.25) is 0 Å². The van der Waals surface area contributed by atoms with E-state index in [1.54, 1.807) is 0 Å². The summed E-state index contributed by atoms with van der Waals surface area (Å²) in [7, 11) is 0. The lowest BCUT2D eigenvalue weighted by Gasteiger charge is -2.26. The maximum Gasteiger partial charge on any atom is 0.0468 e. The van der Waals surface area contributed by atoms with Crippen LogP contribution in [0.4, 0.5) is 17.1 Å². The molecule has 0 aliphatic heterocycles. The molecule has 0 radical (unpaired) electrons. The molecule has 0 bridgehead atoms. The maximum atomic E-state index is 2.40. The van der Waals surface area contributed by atoms with Gasteiger partial charge in [0.15, 0.2) is 0 Å². The molecular weight excluding hydrogens is 551 g/mol. The Bertz CT molecular complexity index is 2490. The van der Waals surface area contributed by atoms with Crippen LogP contribution in [-0.2, 0) is 0 Å². The summed E-state index contributed by atoms with van der Waals surface area (Å²) in [6.45, 7) is 0. The molecule has 0 aliphatic rings. The summed E-state index contributed by atoms with van der Waals surface area (Å²) in [5, 5.41) is 10.2. The highest BCUT2D eigenvalue weighted by atomic mass is 32.1. The van der Waals surface area contributed by atoms with Crippen LogP contribution in [0.5, 0.6) is 0 Å². The average molecular weight is 578 g/mol. The van der Waals surface area contributed by atoms with E-state index < -0.39 is 0 Å². The fourth-order valence-corrected chi connectivity index (χ4v) is 7.72. The molecule has 1 aromatic heterocycles. The number of benzene rings is 8. The van der Waals surface area contributed by atoms with E-state index >= 15 is 0 Å². The van der Waals surface area contributed by atoms with Crippen LogP contribution in [0.3, 0.4) is 0 Å². The molecule has 0 spiro atoms. The SMILES string of the molecule is c1ccc(-c2ccc(N(c3ccc4ccc5ccccc5c4c3)c3ccc4sc5cc6ccccc6cc5c4c3)cc2)cc1. The predicted molar refractivity (Wildman–Crippen MR) is 192 cm³/mol. The second kappa shape index (κ2) is 10.1. The van der Waals surface area contributed by atoms with Gasteiger partial charge in [0, 0.05) is 37.2 Å². The van der Waals surface area contributed by atoms with E-state index in [-0.39, 0.29) is 0 Å². The second-order valence-electron chi connectivity index (χ2n) is 11.4. The number of hydrogen-bond acceptors (Lipinski definition) is 2. The van der Waals surface area contributed by atoms with Crippen molar-refractivity contribution in [1.82, 2.24) is 0 Å². The first-order valence-electron chi connectivity index (χ1n) is 15.0. The van der Waals surface area contributed by atoms with Crippen LogP contribution < -0.4 is 4.90 Å². The molecule has 0 fully saturated rings. The first-order valence-corrected chi connectivity index (χ1v) is 15.8. The Kier molecular flexibility index (Phi) is 5.75. The van der Waals surface area contributed by atoms with E-state index in [4.69, 9.17) is 0 Å². The zero-order valence-corrected chi connectivity index (χ0v) is 24.8. The Morgan fingerprint density at radius 1 is 0.318 bits per heavy atom. The van der Waals surface area contributed by atoms with Crippen LogP contribution in [0.25, 0.3) is 63.6 Å². The summed E-state index contributed by atoms with van der Waals surface area (Å²) >= 11 is 1.87. The van der Waals surface area contributed by atoms with Crippen molar-refractivity contribution >= 4 is 80.9 Å². The Balaban J connectivity index is 1.26. The van der Waals surface area contributed by atoms with Crippen LogP contribution in [0.2, 0.25) is 0 Å². The smallest absolute Gasteiger partial charge is 0.0468 e. The van der Waals surface area contributed by atoms with Gasteiger partial charge in [-0.2, -0.15) is 0 Å². The molecule has 0 atom stereocenters. The molecule has 1 nitrogen and oxygen atoms in total. The Morgan fingerprint density at radius 3 is 1.66 bits per heavy atom. The summed E-state index contributed by atoms with van der Waals surface area (Å²) in [4.78, 5) is 2.40. The van der Waals surface area contributed by atoms with Gasteiger partial charge in [-0.25, -0.2) is 0 Å². The van der Waals surface area contributed by atoms with Crippen molar-refractivity contribution in [2.45, 2.75) is 0 Å². The molecule has 0 saturated carbocycles. The fourth-order valence-electron chi connectivity index (χ4n) is 6.60. The van der Waals surface area contributed by atoms with Crippen LogP contribution in [0.1, 0.15) is 0 Å². The minimum atomic E-state index is 1.13. The van der Waals surface area contributed by atoms with Crippen LogP contribution >= 0.6 is 11.3 Å². The third-order valence-electron chi connectivity index (χ3n) is 8.80. The van der Waals surface area contributed by atoms with E-state index in [0.717, 1.165) is 17.1 Å². The number of hydrogen-bond donors (Lipinski definition) is 0. The summed E-state index contributed by atoms with van der Waals surface area (Å²) in [5.41, 5.74) is 5.86. The van der Waals surface area contributed by atoms with Crippen molar-refractivity contribution in [1.29, 1.82) is 0 Å². The van der Waals surface area contributed by atoms with Crippen molar-refractivity contribution in [3.63, 3.8) is 0 Å². The molecule has 8 aromatic carbocycles. The molecular formula is C42H27NS. The first kappa shape index (κ1) is 25.1. The van der Waals surface area contributed by atoms with Crippen molar-refractivity contribution in [2.75, 3.05) is 4.90 Å². The number of fused-ring (bicyclic) bond motifs is 7. The average Bonchev–Trinajstić information content (AvgIpc) is 3.44. The number of thiophene rings is 1. The van der Waals surface area contributed by atoms with Crippen molar-refractivity contribution in [2.24, 2.45) is 0 Å². The molecule has 0 N–H and O–H groups in total. The Morgan fingerprint density at radius 2 is 0.864 bits per heavy atom. The molecule has 0 aliphatic carbocycles. The molecule has 0 saturated heterocycles. The maximum absolute atomic E-state index is 2.40. The topological polar surface area (TPSA) is 3.24 Å². The number of rotatable bonds is 4. The molecule has 0 unspecified atom stereocenters. The molecule has 206 valence electrons. The third kappa shape index (κ3) is 4.15. The van der Waals surface area contributed by atoms with Crippen LogP contribution in [0, 0.1) is 0 Å². The van der Waals surface area contributed by atoms with Crippen LogP contribution in [0.15, 0.2) is 164 Å². The zero-order chi connectivity index (χ0) is 29.0. The van der Waals surface area contributed by atoms with Crippen molar-refractivity contribution in [3.05, 3.63) is 164 Å². The van der Waals surface area contributed by atoms with Gasteiger partial charge in [-0.1, -0.05) is 109 Å². The van der Waals surface area contributed by atoms with Gasteiger partial charge in [0.05, 0.1) is 0 Å². The zero-order valence-electron chi connectivity index (χ0n) is 23.9. The van der Waals surface area contributed by atoms with Crippen molar-refractivity contribution < 1.29 is 0 Å². The van der Waals surface area contributed by atoms with E-state index in [1.165, 1.54) is 63.6 Å². The second-order valence-corrected chi connectivity index (χ2v) is 12.5. The molecule has 2 heteroatoms. The van der Waals surface area contributed by atoms with E-state index in [0.29, 0.717) is 0 Å². The highest BCUT2D eigenvalue weighted by Gasteiger charge is 2.16. The minimum absolute atomic E-state index is 1.13. The monoisotopic (exact) mass is 577 g/mol. The lowest BCUT2D eigenvalue weighted by Crippen LogP contribution is -2.09. The predicted octanol–water partition coefficient (Wildman–Crippen LogP) is 12.7. The van der Waals surface area contributed by atoms with Gasteiger partial charge in [-0.15, -0.1) is 11.3 Å². The van der Waals surface area contributed by atoms with Gasteiger partial charge in [-0.3, -0.25) is 0 Å². The van der Waals surface area contributed by atoms with Gasteiger partial charge < -0.3 is 4.90 Å². The molecule has 0 amide bonds. The Labute approximate surface area is 259 Å². The van der Waals surface area contributed by atoms with E-state index in [1.807, 2.05) is 11.3 Å². The first-order chi connectivity index (χ1) is 21.8. The molecule has 9 rings (SSSR count). The lowest BCUT2D eigenvalue weighted by atomic mass is 10.0. The number of nitrogens with zero attached hydrogens (tertiary/aromatic N) is 1. The van der Waals surface area contributed by atoms with E-state index in [2.05, 4.69) is 169 Å². The fraction of sp³-hybridized carbons (Fsp3) is 0. The largest absolute Gasteiger partial charge is 0.310 e. The molecule has 9 aromatic rings. The minimum Gasteiger partial charge on any atom is -0.310 e. The van der Waals surface area contributed by atoms with E-state index in [9.17, 15) is 0 Å². The Hall–Kier alpha value is -5.44. The van der Waals surface area contributed by atoms with Crippen LogP contribution in [-0.4, -0.2) is 0 Å². The third-order valence-corrected chi connectivity index (χ3v) is 9.93. The lowest BCUT2D eigenvalue weighted by molar-refractivity contribution is 1.30. The summed E-state index contributed by atoms with van der Waals surface area (Å²) in [5.74, 6) is 0. The number of anilines is 3. The summed E-state index contributed by atoms with van der Waals surface area (Å²) < 4.78 is 2.63.